The smallest absolute Gasteiger partial charge is 0.234 e. The van der Waals surface area contributed by atoms with Gasteiger partial charge < -0.3 is 5.32 Å². The van der Waals surface area contributed by atoms with Gasteiger partial charge in [-0.05, 0) is 49.2 Å². The summed E-state index contributed by atoms with van der Waals surface area (Å²) in [6.07, 6.45) is 0. The van der Waals surface area contributed by atoms with Crippen LogP contribution in [0.1, 0.15) is 16.7 Å². The van der Waals surface area contributed by atoms with E-state index < -0.39 is 0 Å². The molecule has 0 radical (unpaired) electrons. The third kappa shape index (κ3) is 3.61. The Bertz CT molecular complexity index is 1360. The summed E-state index contributed by atoms with van der Waals surface area (Å²) in [6.45, 7) is 3.72. The molecule has 0 aliphatic carbocycles. The number of thioether (sulfide) groups is 1. The number of carbonyl (C=O) groups is 1. The number of nitrogens with one attached hydrogen (secondary N) is 1. The number of anilines is 1. The number of carbonyl (C=O) groups excluding carboxylic acids is 1. The zero-order chi connectivity index (χ0) is 21.4. The fraction of sp³-hybridized carbons (Fsp3) is 0.136. The molecule has 8 heteroatoms. The van der Waals surface area contributed by atoms with Crippen molar-refractivity contribution in [1.29, 1.82) is 5.26 Å². The monoisotopic (exact) mass is 454 g/mol. The summed E-state index contributed by atoms with van der Waals surface area (Å²) in [7, 11) is 0. The van der Waals surface area contributed by atoms with Crippen molar-refractivity contribution in [2.75, 3.05) is 11.1 Å². The number of para-hydroxylation sites is 2. The lowest BCUT2D eigenvalue weighted by atomic mass is 10.2. The molecule has 1 amide bonds. The molecule has 0 bridgehead atoms. The van der Waals surface area contributed by atoms with Crippen LogP contribution in [0, 0.1) is 25.2 Å². The van der Waals surface area contributed by atoms with Gasteiger partial charge in [0.1, 0.15) is 6.07 Å². The van der Waals surface area contributed by atoms with Gasteiger partial charge in [-0.1, -0.05) is 53.2 Å². The standard InChI is InChI=1S/C22H16Cl2N4OS/c1-12-7-8-15(23)21(20(12)24)27-18(29)11-30-19-9-13(2)14(10-25)22-26-16-5-3-4-6-17(16)28(19)22/h3-9H,11H2,1-2H3,(H,27,29). The molecule has 150 valence electrons. The van der Waals surface area contributed by atoms with Crippen LogP contribution in [-0.4, -0.2) is 21.0 Å². The highest BCUT2D eigenvalue weighted by atomic mass is 35.5. The fourth-order valence-corrected chi connectivity index (χ4v) is 4.64. The summed E-state index contributed by atoms with van der Waals surface area (Å²) in [6, 6.07) is 15.3. The molecule has 0 fully saturated rings. The second-order valence-corrected chi connectivity index (χ2v) is 8.58. The molecule has 30 heavy (non-hydrogen) atoms. The second kappa shape index (κ2) is 8.19. The quantitative estimate of drug-likeness (QED) is 0.383. The molecule has 0 saturated heterocycles. The highest BCUT2D eigenvalue weighted by Gasteiger charge is 2.17. The Kier molecular flexibility index (Phi) is 5.61. The van der Waals surface area contributed by atoms with Crippen LogP contribution in [0.2, 0.25) is 10.0 Å². The minimum atomic E-state index is -0.228. The minimum Gasteiger partial charge on any atom is -0.323 e. The van der Waals surface area contributed by atoms with E-state index in [1.807, 2.05) is 48.6 Å². The first kappa shape index (κ1) is 20.5. The Balaban J connectivity index is 1.67. The van der Waals surface area contributed by atoms with Gasteiger partial charge in [0.2, 0.25) is 5.91 Å². The third-order valence-electron chi connectivity index (χ3n) is 4.75. The first-order valence-electron chi connectivity index (χ1n) is 9.09. The maximum atomic E-state index is 12.6. The summed E-state index contributed by atoms with van der Waals surface area (Å²) in [4.78, 5) is 17.2. The van der Waals surface area contributed by atoms with Crippen LogP contribution in [0.15, 0.2) is 47.5 Å². The summed E-state index contributed by atoms with van der Waals surface area (Å²) in [5, 5.41) is 14.0. The number of hydrogen-bond donors (Lipinski definition) is 1. The molecule has 1 N–H and O–H groups in total. The molecule has 0 unspecified atom stereocenters. The van der Waals surface area contributed by atoms with Crippen molar-refractivity contribution in [3.8, 4) is 6.07 Å². The third-order valence-corrected chi connectivity index (χ3v) is 6.56. The molecule has 0 aliphatic heterocycles. The van der Waals surface area contributed by atoms with E-state index in [2.05, 4.69) is 16.4 Å². The Morgan fingerprint density at radius 2 is 1.97 bits per heavy atom. The van der Waals surface area contributed by atoms with Crippen LogP contribution in [0.4, 0.5) is 5.69 Å². The number of halogens is 2. The second-order valence-electron chi connectivity index (χ2n) is 6.80. The first-order valence-corrected chi connectivity index (χ1v) is 10.8. The van der Waals surface area contributed by atoms with Gasteiger partial charge in [0.05, 0.1) is 43.1 Å². The molecule has 4 aromatic rings. The Labute approximate surface area is 187 Å². The van der Waals surface area contributed by atoms with Gasteiger partial charge in [0.25, 0.3) is 0 Å². The molecule has 0 spiro atoms. The predicted octanol–water partition coefficient (Wildman–Crippen LogP) is 6.01. The van der Waals surface area contributed by atoms with Crippen LogP contribution >= 0.6 is 35.0 Å². The van der Waals surface area contributed by atoms with E-state index in [0.717, 1.165) is 27.2 Å². The number of fused-ring (bicyclic) bond motifs is 3. The number of imidazole rings is 1. The van der Waals surface area contributed by atoms with Crippen LogP contribution in [0.25, 0.3) is 16.7 Å². The average molecular weight is 455 g/mol. The number of pyridine rings is 1. The lowest BCUT2D eigenvalue weighted by Gasteiger charge is -2.12. The molecule has 0 saturated carbocycles. The van der Waals surface area contributed by atoms with Crippen LogP contribution in [-0.2, 0) is 4.79 Å². The van der Waals surface area contributed by atoms with Crippen molar-refractivity contribution >= 4 is 63.2 Å². The summed E-state index contributed by atoms with van der Waals surface area (Å²) in [5.74, 6) is -0.0814. The highest BCUT2D eigenvalue weighted by Crippen LogP contribution is 2.34. The number of nitrogens with zero attached hydrogens (tertiary/aromatic N) is 3. The van der Waals surface area contributed by atoms with Crippen LogP contribution in [0.5, 0.6) is 0 Å². The van der Waals surface area contributed by atoms with E-state index in [0.29, 0.717) is 26.9 Å². The Morgan fingerprint density at radius 3 is 2.73 bits per heavy atom. The molecule has 5 nitrogen and oxygen atoms in total. The number of nitriles is 1. The number of aryl methyl sites for hydroxylation is 2. The average Bonchev–Trinajstić information content (AvgIpc) is 3.11. The van der Waals surface area contributed by atoms with E-state index in [9.17, 15) is 10.1 Å². The molecule has 0 atom stereocenters. The van der Waals surface area contributed by atoms with E-state index in [4.69, 9.17) is 23.2 Å². The lowest BCUT2D eigenvalue weighted by molar-refractivity contribution is -0.113. The fourth-order valence-electron chi connectivity index (χ4n) is 3.25. The Morgan fingerprint density at radius 1 is 1.20 bits per heavy atom. The van der Waals surface area contributed by atoms with Crippen molar-refractivity contribution in [3.63, 3.8) is 0 Å². The first-order chi connectivity index (χ1) is 14.4. The van der Waals surface area contributed by atoms with Crippen molar-refractivity contribution < 1.29 is 4.79 Å². The molecule has 2 heterocycles. The molecular formula is C22H16Cl2N4OS. The number of rotatable bonds is 4. The molecule has 2 aromatic carbocycles. The SMILES string of the molecule is Cc1ccc(Cl)c(NC(=O)CSc2cc(C)c(C#N)c3nc4ccccc4n23)c1Cl. The van der Waals surface area contributed by atoms with Gasteiger partial charge in [-0.15, -0.1) is 0 Å². The van der Waals surface area contributed by atoms with Crippen LogP contribution < -0.4 is 5.32 Å². The van der Waals surface area contributed by atoms with Crippen molar-refractivity contribution in [2.24, 2.45) is 0 Å². The lowest BCUT2D eigenvalue weighted by Crippen LogP contribution is -2.15. The van der Waals surface area contributed by atoms with Gasteiger partial charge in [-0.2, -0.15) is 5.26 Å². The van der Waals surface area contributed by atoms with Crippen molar-refractivity contribution in [2.45, 2.75) is 18.9 Å². The van der Waals surface area contributed by atoms with E-state index in [1.54, 1.807) is 12.1 Å². The molecule has 2 aromatic heterocycles. The van der Waals surface area contributed by atoms with Gasteiger partial charge in [0.15, 0.2) is 5.65 Å². The van der Waals surface area contributed by atoms with Gasteiger partial charge >= 0.3 is 0 Å². The minimum absolute atomic E-state index is 0.146. The zero-order valence-corrected chi connectivity index (χ0v) is 18.5. The predicted molar refractivity (Wildman–Crippen MR) is 123 cm³/mol. The summed E-state index contributed by atoms with van der Waals surface area (Å²) >= 11 is 13.9. The highest BCUT2D eigenvalue weighted by molar-refractivity contribution is 7.99. The van der Waals surface area contributed by atoms with Crippen LogP contribution in [0.3, 0.4) is 0 Å². The van der Waals surface area contributed by atoms with E-state index in [-0.39, 0.29) is 11.7 Å². The number of benzene rings is 2. The van der Waals surface area contributed by atoms with Crippen molar-refractivity contribution in [1.82, 2.24) is 9.38 Å². The number of aromatic nitrogens is 2. The number of amides is 1. The normalized spacial score (nSPS) is 11.0. The summed E-state index contributed by atoms with van der Waals surface area (Å²) in [5.41, 5.74) is 4.86. The van der Waals surface area contributed by atoms with Gasteiger partial charge in [0, 0.05) is 0 Å². The summed E-state index contributed by atoms with van der Waals surface area (Å²) < 4.78 is 1.92. The van der Waals surface area contributed by atoms with E-state index in [1.165, 1.54) is 11.8 Å². The molecule has 4 rings (SSSR count). The molecule has 0 aliphatic rings. The van der Waals surface area contributed by atoms with Gasteiger partial charge in [-0.25, -0.2) is 4.98 Å². The largest absolute Gasteiger partial charge is 0.323 e. The number of hydrogen-bond acceptors (Lipinski definition) is 4. The maximum Gasteiger partial charge on any atom is 0.234 e. The van der Waals surface area contributed by atoms with E-state index >= 15 is 0 Å². The van der Waals surface area contributed by atoms with Crippen molar-refractivity contribution in [3.05, 3.63) is 69.2 Å². The Hall–Kier alpha value is -2.72. The zero-order valence-electron chi connectivity index (χ0n) is 16.2. The van der Waals surface area contributed by atoms with Gasteiger partial charge in [-0.3, -0.25) is 9.20 Å². The molecular weight excluding hydrogens is 439 g/mol. The topological polar surface area (TPSA) is 70.2 Å². The maximum absolute atomic E-state index is 12.6.